The molecule has 0 bridgehead atoms. The molecule has 30 heavy (non-hydrogen) atoms. The number of benzene rings is 3. The minimum Gasteiger partial charge on any atom is -0.497 e. The van der Waals surface area contributed by atoms with Crippen molar-refractivity contribution in [3.8, 4) is 11.5 Å². The van der Waals surface area contributed by atoms with Crippen molar-refractivity contribution in [1.82, 2.24) is 5.43 Å². The fourth-order valence-corrected chi connectivity index (χ4v) is 3.12. The van der Waals surface area contributed by atoms with E-state index in [1.165, 1.54) is 0 Å². The second kappa shape index (κ2) is 9.94. The zero-order valence-corrected chi connectivity index (χ0v) is 17.9. The zero-order valence-electron chi connectivity index (χ0n) is 17.1. The molecule has 0 unspecified atom stereocenters. The number of hydrazone groups is 1. The molecule has 5 nitrogen and oxygen atoms in total. The van der Waals surface area contributed by atoms with Gasteiger partial charge in [-0.2, -0.15) is 5.10 Å². The van der Waals surface area contributed by atoms with Crippen molar-refractivity contribution in [1.29, 1.82) is 0 Å². The standard InChI is InChI=1S/C24H23ClN2O3/c1-16-12-19(14-26-27-24(28)20-6-10-22(29-3)11-7-20)13-17(2)23(16)30-15-18-4-8-21(25)9-5-18/h4-14H,15H2,1-3H3,(H,27,28)/b26-14-. The quantitative estimate of drug-likeness (QED) is 0.414. The highest BCUT2D eigenvalue weighted by Crippen LogP contribution is 2.25. The van der Waals surface area contributed by atoms with E-state index in [1.807, 2.05) is 50.2 Å². The van der Waals surface area contributed by atoms with E-state index in [9.17, 15) is 4.79 Å². The maximum Gasteiger partial charge on any atom is 0.271 e. The van der Waals surface area contributed by atoms with Gasteiger partial charge < -0.3 is 9.47 Å². The van der Waals surface area contributed by atoms with Crippen molar-refractivity contribution in [2.75, 3.05) is 7.11 Å². The summed E-state index contributed by atoms with van der Waals surface area (Å²) in [7, 11) is 1.58. The molecule has 1 amide bonds. The van der Waals surface area contributed by atoms with E-state index in [-0.39, 0.29) is 5.91 Å². The van der Waals surface area contributed by atoms with Gasteiger partial charge in [-0.15, -0.1) is 0 Å². The summed E-state index contributed by atoms with van der Waals surface area (Å²) in [5.41, 5.74) is 6.95. The molecule has 154 valence electrons. The van der Waals surface area contributed by atoms with Crippen LogP contribution in [0.4, 0.5) is 0 Å². The predicted molar refractivity (Wildman–Crippen MR) is 120 cm³/mol. The average molecular weight is 423 g/mol. The average Bonchev–Trinajstić information content (AvgIpc) is 2.74. The first-order chi connectivity index (χ1) is 14.5. The SMILES string of the molecule is COc1ccc(C(=O)N/N=C\c2cc(C)c(OCc3ccc(Cl)cc3)c(C)c2)cc1. The Morgan fingerprint density at radius 1 is 1.03 bits per heavy atom. The summed E-state index contributed by atoms with van der Waals surface area (Å²) in [6.07, 6.45) is 1.62. The van der Waals surface area contributed by atoms with Crippen molar-refractivity contribution in [3.63, 3.8) is 0 Å². The van der Waals surface area contributed by atoms with E-state index >= 15 is 0 Å². The number of nitrogens with zero attached hydrogens (tertiary/aromatic N) is 1. The molecule has 3 aromatic rings. The van der Waals surface area contributed by atoms with Crippen LogP contribution in [0.1, 0.15) is 32.6 Å². The Bertz CT molecular complexity index is 1020. The van der Waals surface area contributed by atoms with Crippen LogP contribution in [0.25, 0.3) is 0 Å². The molecular formula is C24H23ClN2O3. The van der Waals surface area contributed by atoms with Gasteiger partial charge in [0.2, 0.25) is 0 Å². The number of carbonyl (C=O) groups excluding carboxylic acids is 1. The molecule has 0 radical (unpaired) electrons. The minimum absolute atomic E-state index is 0.287. The first-order valence-electron chi connectivity index (χ1n) is 9.42. The Balaban J connectivity index is 1.62. The van der Waals surface area contributed by atoms with Crippen LogP contribution in [0.15, 0.2) is 65.8 Å². The maximum atomic E-state index is 12.2. The number of aryl methyl sites for hydroxylation is 2. The number of carbonyl (C=O) groups is 1. The number of methoxy groups -OCH3 is 1. The van der Waals surface area contributed by atoms with Crippen molar-refractivity contribution < 1.29 is 14.3 Å². The van der Waals surface area contributed by atoms with Crippen LogP contribution in [0.2, 0.25) is 5.02 Å². The number of nitrogens with one attached hydrogen (secondary N) is 1. The van der Waals surface area contributed by atoms with E-state index in [4.69, 9.17) is 21.1 Å². The first kappa shape index (κ1) is 21.4. The lowest BCUT2D eigenvalue weighted by molar-refractivity contribution is 0.0955. The summed E-state index contributed by atoms with van der Waals surface area (Å²) >= 11 is 5.92. The number of amides is 1. The number of rotatable bonds is 7. The molecule has 0 spiro atoms. The number of halogens is 1. The molecule has 0 fully saturated rings. The van der Waals surface area contributed by atoms with Gasteiger partial charge in [-0.25, -0.2) is 5.43 Å². The molecule has 3 rings (SSSR count). The Morgan fingerprint density at radius 3 is 2.27 bits per heavy atom. The maximum absolute atomic E-state index is 12.2. The van der Waals surface area contributed by atoms with Gasteiger partial charge in [-0.3, -0.25) is 4.79 Å². The molecule has 0 aliphatic rings. The molecule has 0 saturated carbocycles. The summed E-state index contributed by atoms with van der Waals surface area (Å²) in [5, 5.41) is 4.77. The van der Waals surface area contributed by atoms with Crippen LogP contribution in [0.5, 0.6) is 11.5 Å². The molecule has 0 atom stereocenters. The third-order valence-electron chi connectivity index (χ3n) is 4.51. The Hall–Kier alpha value is -3.31. The largest absolute Gasteiger partial charge is 0.497 e. The molecule has 0 aliphatic heterocycles. The molecule has 3 aromatic carbocycles. The van der Waals surface area contributed by atoms with Gasteiger partial charge in [-0.05, 0) is 84.6 Å². The van der Waals surface area contributed by atoms with Gasteiger partial charge in [0.25, 0.3) is 5.91 Å². The van der Waals surface area contributed by atoms with Crippen LogP contribution < -0.4 is 14.9 Å². The summed E-state index contributed by atoms with van der Waals surface area (Å²) in [6.45, 7) is 4.43. The highest BCUT2D eigenvalue weighted by atomic mass is 35.5. The van der Waals surface area contributed by atoms with Gasteiger partial charge in [0.15, 0.2) is 0 Å². The molecule has 1 N–H and O–H groups in total. The summed E-state index contributed by atoms with van der Waals surface area (Å²) < 4.78 is 11.1. The molecule has 6 heteroatoms. The normalized spacial score (nSPS) is 10.8. The first-order valence-corrected chi connectivity index (χ1v) is 9.80. The topological polar surface area (TPSA) is 59.9 Å². The highest BCUT2D eigenvalue weighted by Gasteiger charge is 2.07. The number of hydrogen-bond donors (Lipinski definition) is 1. The predicted octanol–water partition coefficient (Wildman–Crippen LogP) is 5.31. The van der Waals surface area contributed by atoms with Gasteiger partial charge >= 0.3 is 0 Å². The fourth-order valence-electron chi connectivity index (χ4n) is 2.99. The number of hydrogen-bond acceptors (Lipinski definition) is 4. The third-order valence-corrected chi connectivity index (χ3v) is 4.76. The molecule has 0 saturated heterocycles. The van der Waals surface area contributed by atoms with Crippen LogP contribution in [0.3, 0.4) is 0 Å². The molecule has 0 aliphatic carbocycles. The second-order valence-corrected chi connectivity index (χ2v) is 7.26. The van der Waals surface area contributed by atoms with Crippen molar-refractivity contribution in [3.05, 3.63) is 93.5 Å². The van der Waals surface area contributed by atoms with Crippen LogP contribution in [-0.2, 0) is 6.61 Å². The smallest absolute Gasteiger partial charge is 0.271 e. The highest BCUT2D eigenvalue weighted by molar-refractivity contribution is 6.30. The van der Waals surface area contributed by atoms with Crippen LogP contribution >= 0.6 is 11.6 Å². The van der Waals surface area contributed by atoms with E-state index in [1.54, 1.807) is 37.6 Å². The fraction of sp³-hybridized carbons (Fsp3) is 0.167. The van der Waals surface area contributed by atoms with Crippen LogP contribution in [0, 0.1) is 13.8 Å². The van der Waals surface area contributed by atoms with Crippen molar-refractivity contribution >= 4 is 23.7 Å². The van der Waals surface area contributed by atoms with E-state index in [0.29, 0.717) is 22.9 Å². The zero-order chi connectivity index (χ0) is 21.5. The Labute approximate surface area is 181 Å². The van der Waals surface area contributed by atoms with E-state index in [0.717, 1.165) is 28.0 Å². The van der Waals surface area contributed by atoms with Crippen LogP contribution in [-0.4, -0.2) is 19.2 Å². The van der Waals surface area contributed by atoms with Gasteiger partial charge in [0, 0.05) is 10.6 Å². The summed E-state index contributed by atoms with van der Waals surface area (Å²) in [6, 6.07) is 18.3. The lowest BCUT2D eigenvalue weighted by Gasteiger charge is -2.13. The second-order valence-electron chi connectivity index (χ2n) is 6.83. The van der Waals surface area contributed by atoms with Gasteiger partial charge in [-0.1, -0.05) is 23.7 Å². The third kappa shape index (κ3) is 5.61. The minimum atomic E-state index is -0.287. The van der Waals surface area contributed by atoms with Gasteiger partial charge in [0.05, 0.1) is 13.3 Å². The van der Waals surface area contributed by atoms with E-state index < -0.39 is 0 Å². The summed E-state index contributed by atoms with van der Waals surface area (Å²) in [4.78, 5) is 12.2. The summed E-state index contributed by atoms with van der Waals surface area (Å²) in [5.74, 6) is 1.24. The lowest BCUT2D eigenvalue weighted by atomic mass is 10.1. The molecular weight excluding hydrogens is 400 g/mol. The lowest BCUT2D eigenvalue weighted by Crippen LogP contribution is -2.17. The Kier molecular flexibility index (Phi) is 7.09. The van der Waals surface area contributed by atoms with Gasteiger partial charge in [0.1, 0.15) is 18.1 Å². The number of ether oxygens (including phenoxy) is 2. The van der Waals surface area contributed by atoms with Crippen molar-refractivity contribution in [2.45, 2.75) is 20.5 Å². The Morgan fingerprint density at radius 2 is 1.67 bits per heavy atom. The molecule has 0 heterocycles. The van der Waals surface area contributed by atoms with E-state index in [2.05, 4.69) is 10.5 Å². The molecule has 0 aromatic heterocycles. The van der Waals surface area contributed by atoms with Crippen molar-refractivity contribution in [2.24, 2.45) is 5.10 Å². The monoisotopic (exact) mass is 422 g/mol.